The largest absolute Gasteiger partial charge is 0.530 e. The molecule has 1 aromatic carbocycles. The summed E-state index contributed by atoms with van der Waals surface area (Å²) in [6.07, 6.45) is 0.754. The molecule has 0 saturated carbocycles. The molecule has 0 bridgehead atoms. The van der Waals surface area contributed by atoms with E-state index in [9.17, 15) is 14.7 Å². The van der Waals surface area contributed by atoms with Crippen LogP contribution in [0.2, 0.25) is 0 Å². The number of esters is 1. The van der Waals surface area contributed by atoms with Crippen LogP contribution in [0, 0.1) is 0 Å². The number of nitrogens with one attached hydrogen (secondary N) is 1. The van der Waals surface area contributed by atoms with Crippen LogP contribution in [-0.2, 0) is 15.1 Å². The summed E-state index contributed by atoms with van der Waals surface area (Å²) >= 11 is 0. The fourth-order valence-corrected chi connectivity index (χ4v) is 1.76. The summed E-state index contributed by atoms with van der Waals surface area (Å²) in [5.41, 5.74) is 2.28. The number of hydrogen-bond acceptors (Lipinski definition) is 4. The molecular weight excluding hydrogens is 306 g/mol. The minimum atomic E-state index is -1.27. The van der Waals surface area contributed by atoms with E-state index in [1.165, 1.54) is 0 Å². The molecule has 24 heavy (non-hydrogen) atoms. The Balaban J connectivity index is 0.000000561. The van der Waals surface area contributed by atoms with Gasteiger partial charge in [0.15, 0.2) is 0 Å². The van der Waals surface area contributed by atoms with Crippen LogP contribution in [0.25, 0.3) is 5.57 Å². The van der Waals surface area contributed by atoms with Gasteiger partial charge in [0.1, 0.15) is 6.09 Å². The first-order valence-electron chi connectivity index (χ1n) is 7.68. The van der Waals surface area contributed by atoms with E-state index in [4.69, 9.17) is 0 Å². The van der Waals surface area contributed by atoms with Crippen LogP contribution in [0.1, 0.15) is 45.2 Å². The van der Waals surface area contributed by atoms with Gasteiger partial charge in [-0.25, -0.2) is 4.79 Å². The van der Waals surface area contributed by atoms with Crippen LogP contribution in [-0.4, -0.2) is 18.7 Å². The zero-order valence-corrected chi connectivity index (χ0v) is 14.8. The van der Waals surface area contributed by atoms with Gasteiger partial charge in [-0.2, -0.15) is 0 Å². The quantitative estimate of drug-likeness (QED) is 0.641. The average molecular weight is 332 g/mol. The highest BCUT2D eigenvalue weighted by molar-refractivity contribution is 5.81. The predicted molar refractivity (Wildman–Crippen MR) is 94.2 cm³/mol. The zero-order valence-electron chi connectivity index (χ0n) is 14.8. The van der Waals surface area contributed by atoms with Crippen molar-refractivity contribution >= 4 is 17.6 Å². The minimum absolute atomic E-state index is 0.341. The molecule has 0 spiro atoms. The maximum Gasteiger partial charge on any atom is 0.330 e. The molecule has 0 heterocycles. The van der Waals surface area contributed by atoms with Crippen molar-refractivity contribution < 1.29 is 19.4 Å². The second-order valence-corrected chi connectivity index (χ2v) is 5.77. The van der Waals surface area contributed by atoms with Gasteiger partial charge in [-0.1, -0.05) is 49.9 Å². The van der Waals surface area contributed by atoms with Crippen molar-refractivity contribution in [3.63, 3.8) is 0 Å². The lowest BCUT2D eigenvalue weighted by Gasteiger charge is -2.28. The van der Waals surface area contributed by atoms with Gasteiger partial charge in [0, 0.05) is 6.08 Å². The van der Waals surface area contributed by atoms with E-state index in [2.05, 4.69) is 23.2 Å². The molecule has 0 saturated heterocycles. The van der Waals surface area contributed by atoms with Gasteiger partial charge in [-0.3, -0.25) is 0 Å². The van der Waals surface area contributed by atoms with Gasteiger partial charge in [0.05, 0.1) is 12.1 Å². The Morgan fingerprint density at radius 2 is 1.83 bits per heavy atom. The Bertz CT molecular complexity index is 574. The fourth-order valence-electron chi connectivity index (χ4n) is 1.76. The van der Waals surface area contributed by atoms with E-state index in [-0.39, 0.29) is 5.97 Å². The molecule has 0 aliphatic rings. The normalized spacial score (nSPS) is 10.0. The van der Waals surface area contributed by atoms with Crippen LogP contribution in [0.15, 0.2) is 43.5 Å². The summed E-state index contributed by atoms with van der Waals surface area (Å²) in [5, 5.41) is 12.9. The van der Waals surface area contributed by atoms with Crippen LogP contribution in [0.4, 0.5) is 4.79 Å². The zero-order chi connectivity index (χ0) is 18.8. The van der Waals surface area contributed by atoms with Crippen molar-refractivity contribution in [3.8, 4) is 0 Å². The second kappa shape index (κ2) is 10.3. The van der Waals surface area contributed by atoms with Gasteiger partial charge in [0.25, 0.3) is 0 Å². The van der Waals surface area contributed by atoms with Crippen molar-refractivity contribution in [2.45, 2.75) is 39.7 Å². The number of carbonyl (C=O) groups is 2. The average Bonchev–Trinajstić information content (AvgIpc) is 2.52. The predicted octanol–water partition coefficient (Wildman–Crippen LogP) is 3.01. The molecule has 1 aromatic rings. The third kappa shape index (κ3) is 8.17. The summed E-state index contributed by atoms with van der Waals surface area (Å²) in [5.74, 6) is -0.341. The Morgan fingerprint density at radius 3 is 2.21 bits per heavy atom. The monoisotopic (exact) mass is 332 g/mol. The molecule has 1 amide bonds. The number of carboxylic acid groups (broad SMARTS) is 1. The van der Waals surface area contributed by atoms with Gasteiger partial charge in [-0.05, 0) is 38.3 Å². The lowest BCUT2D eigenvalue weighted by atomic mass is 9.93. The number of amides is 1. The Hall–Kier alpha value is -2.56. The van der Waals surface area contributed by atoms with Crippen molar-refractivity contribution in [3.05, 3.63) is 54.6 Å². The molecular formula is C19H26NO4-. The maximum atomic E-state index is 10.5. The fraction of sp³-hybridized carbons (Fsp3) is 0.368. The van der Waals surface area contributed by atoms with Crippen LogP contribution < -0.4 is 10.4 Å². The molecule has 1 N–H and O–H groups in total. The van der Waals surface area contributed by atoms with Crippen LogP contribution in [0.5, 0.6) is 0 Å². The summed E-state index contributed by atoms with van der Waals surface area (Å²) < 4.78 is 4.58. The number of rotatable bonds is 6. The van der Waals surface area contributed by atoms with E-state index >= 15 is 0 Å². The minimum Gasteiger partial charge on any atom is -0.530 e. The number of benzene rings is 1. The summed E-state index contributed by atoms with van der Waals surface area (Å²) in [7, 11) is 0. The molecule has 1 rings (SSSR count). The van der Waals surface area contributed by atoms with E-state index < -0.39 is 11.6 Å². The molecule has 5 heteroatoms. The number of allylic oxidation sites excluding steroid dienone is 1. The second-order valence-electron chi connectivity index (χ2n) is 5.77. The summed E-state index contributed by atoms with van der Waals surface area (Å²) in [6, 6.07) is 7.63. The van der Waals surface area contributed by atoms with Crippen molar-refractivity contribution in [2.75, 3.05) is 6.61 Å². The number of hydrogen-bond donors (Lipinski definition) is 1. The van der Waals surface area contributed by atoms with Crippen LogP contribution in [0.3, 0.4) is 0 Å². The number of ether oxygens (including phenoxy) is 1. The van der Waals surface area contributed by atoms with E-state index in [0.717, 1.165) is 29.2 Å². The molecule has 0 radical (unpaired) electrons. The smallest absolute Gasteiger partial charge is 0.330 e. The van der Waals surface area contributed by atoms with Gasteiger partial charge < -0.3 is 20.0 Å². The summed E-state index contributed by atoms with van der Waals surface area (Å²) in [4.78, 5) is 20.8. The van der Waals surface area contributed by atoms with E-state index in [0.29, 0.717) is 6.61 Å². The standard InChI is InChI=1S/C13H17NO2.C6H10O2/c1-9(2)10-5-7-11(8-6-10)13(3,4)14-12(15)16;1-3-5-8-6(7)4-2/h5-8,14H,1H2,2-4H3,(H,15,16);4H,2-3,5H2,1H3/p-1. The highest BCUT2D eigenvalue weighted by Gasteiger charge is 2.19. The molecule has 0 atom stereocenters. The molecule has 132 valence electrons. The molecule has 0 fully saturated rings. The first-order chi connectivity index (χ1) is 11.1. The molecule has 0 aliphatic carbocycles. The van der Waals surface area contributed by atoms with Gasteiger partial charge in [-0.15, -0.1) is 0 Å². The Morgan fingerprint density at radius 1 is 1.29 bits per heavy atom. The topological polar surface area (TPSA) is 78.5 Å². The molecule has 0 aromatic heterocycles. The van der Waals surface area contributed by atoms with Crippen molar-refractivity contribution in [1.82, 2.24) is 5.32 Å². The van der Waals surface area contributed by atoms with Gasteiger partial charge >= 0.3 is 5.97 Å². The van der Waals surface area contributed by atoms with Gasteiger partial charge in [0.2, 0.25) is 0 Å². The highest BCUT2D eigenvalue weighted by atomic mass is 16.5. The lowest BCUT2D eigenvalue weighted by molar-refractivity contribution is -0.253. The Labute approximate surface area is 144 Å². The van der Waals surface area contributed by atoms with Crippen molar-refractivity contribution in [1.29, 1.82) is 0 Å². The lowest BCUT2D eigenvalue weighted by Crippen LogP contribution is -2.47. The third-order valence-electron chi connectivity index (χ3n) is 3.13. The van der Waals surface area contributed by atoms with E-state index in [1.807, 2.05) is 38.1 Å². The SMILES string of the molecule is C=C(C)c1ccc(C(C)(C)NC(=O)[O-])cc1.C=CC(=O)OCCC. The molecule has 5 nitrogen and oxygen atoms in total. The maximum absolute atomic E-state index is 10.5. The third-order valence-corrected chi connectivity index (χ3v) is 3.13. The molecule has 0 aliphatic heterocycles. The molecule has 0 unspecified atom stereocenters. The Kier molecular flexibility index (Phi) is 9.16. The number of carbonyl (C=O) groups excluding carboxylic acids is 2. The van der Waals surface area contributed by atoms with Crippen LogP contribution >= 0.6 is 0 Å². The van der Waals surface area contributed by atoms with Crippen molar-refractivity contribution in [2.24, 2.45) is 0 Å². The van der Waals surface area contributed by atoms with E-state index in [1.54, 1.807) is 13.8 Å². The summed E-state index contributed by atoms with van der Waals surface area (Å²) in [6.45, 7) is 15.0. The first-order valence-corrected chi connectivity index (χ1v) is 7.68. The first kappa shape index (κ1) is 21.4. The highest BCUT2D eigenvalue weighted by Crippen LogP contribution is 2.21.